The van der Waals surface area contributed by atoms with Crippen LogP contribution in [0.25, 0.3) is 0 Å². The third-order valence-electron chi connectivity index (χ3n) is 2.78. The van der Waals surface area contributed by atoms with Gasteiger partial charge in [-0.2, -0.15) is 0 Å². The average molecular weight is 253 g/mol. The summed E-state index contributed by atoms with van der Waals surface area (Å²) >= 11 is 0. The molecule has 0 aliphatic rings. The minimum Gasteiger partial charge on any atom is -0.326 e. The van der Waals surface area contributed by atoms with Crippen LogP contribution in [0.3, 0.4) is 0 Å². The Kier molecular flexibility index (Phi) is 4.08. The second-order valence-corrected chi connectivity index (χ2v) is 4.34. The summed E-state index contributed by atoms with van der Waals surface area (Å²) in [6.45, 7) is 1.52. The van der Waals surface area contributed by atoms with Gasteiger partial charge in [-0.25, -0.2) is 0 Å². The molecule has 0 heterocycles. The highest BCUT2D eigenvalue weighted by Crippen LogP contribution is 2.11. The first-order chi connectivity index (χ1) is 9.15. The zero-order chi connectivity index (χ0) is 13.7. The largest absolute Gasteiger partial charge is 0.326 e. The molecule has 0 aliphatic heterocycles. The number of hydrogen-bond acceptors (Lipinski definition) is 2. The number of hydrogen-bond donors (Lipinski definition) is 1. The van der Waals surface area contributed by atoms with Crippen LogP contribution >= 0.6 is 0 Å². The zero-order valence-electron chi connectivity index (χ0n) is 10.7. The Morgan fingerprint density at radius 2 is 1.58 bits per heavy atom. The number of nitrogens with one attached hydrogen (secondary N) is 1. The molecular formula is C16H15NO2. The van der Waals surface area contributed by atoms with Gasteiger partial charge in [-0.05, 0) is 36.8 Å². The van der Waals surface area contributed by atoms with Crippen molar-refractivity contribution in [3.63, 3.8) is 0 Å². The Morgan fingerprint density at radius 3 is 2.16 bits per heavy atom. The number of Topliss-reactive ketones (excluding diaryl/α,β-unsaturated/α-hetero) is 1. The van der Waals surface area contributed by atoms with E-state index in [0.29, 0.717) is 17.7 Å². The summed E-state index contributed by atoms with van der Waals surface area (Å²) in [6, 6.07) is 16.5. The molecule has 2 rings (SSSR count). The van der Waals surface area contributed by atoms with E-state index in [9.17, 15) is 9.59 Å². The summed E-state index contributed by atoms with van der Waals surface area (Å²) in [5.41, 5.74) is 2.31. The van der Waals surface area contributed by atoms with Gasteiger partial charge in [-0.3, -0.25) is 9.59 Å². The quantitative estimate of drug-likeness (QED) is 0.851. The molecule has 0 unspecified atom stereocenters. The summed E-state index contributed by atoms with van der Waals surface area (Å²) in [4.78, 5) is 23.0. The van der Waals surface area contributed by atoms with Crippen molar-refractivity contribution in [1.82, 2.24) is 0 Å². The highest BCUT2D eigenvalue weighted by Gasteiger charge is 2.04. The molecule has 1 amide bonds. The zero-order valence-corrected chi connectivity index (χ0v) is 10.7. The van der Waals surface area contributed by atoms with Crippen molar-refractivity contribution in [1.29, 1.82) is 0 Å². The number of benzene rings is 2. The standard InChI is InChI=1S/C16H15NO2/c1-12(18)14-7-9-15(10-8-14)17-16(19)11-13-5-3-2-4-6-13/h2-10H,11H2,1H3,(H,17,19). The molecule has 2 aromatic rings. The molecule has 0 radical (unpaired) electrons. The molecule has 0 aliphatic carbocycles. The molecule has 0 spiro atoms. The van der Waals surface area contributed by atoms with Crippen LogP contribution in [0.15, 0.2) is 54.6 Å². The second kappa shape index (κ2) is 5.96. The van der Waals surface area contributed by atoms with Crippen LogP contribution in [0, 0.1) is 0 Å². The fourth-order valence-corrected chi connectivity index (χ4v) is 1.77. The van der Waals surface area contributed by atoms with Crippen molar-refractivity contribution in [3.8, 4) is 0 Å². The second-order valence-electron chi connectivity index (χ2n) is 4.34. The van der Waals surface area contributed by atoms with E-state index >= 15 is 0 Å². The first-order valence-electron chi connectivity index (χ1n) is 6.10. The summed E-state index contributed by atoms with van der Waals surface area (Å²) in [5, 5.41) is 2.81. The fourth-order valence-electron chi connectivity index (χ4n) is 1.77. The van der Waals surface area contributed by atoms with Gasteiger partial charge in [0, 0.05) is 11.3 Å². The molecule has 0 saturated heterocycles. The summed E-state index contributed by atoms with van der Waals surface area (Å²) in [6.07, 6.45) is 0.343. The molecule has 0 atom stereocenters. The van der Waals surface area contributed by atoms with Crippen molar-refractivity contribution in [2.45, 2.75) is 13.3 Å². The average Bonchev–Trinajstić information content (AvgIpc) is 2.40. The SMILES string of the molecule is CC(=O)c1ccc(NC(=O)Cc2ccccc2)cc1. The summed E-state index contributed by atoms with van der Waals surface area (Å²) in [7, 11) is 0. The number of ketones is 1. The summed E-state index contributed by atoms with van der Waals surface area (Å²) in [5.74, 6) is -0.0519. The molecule has 0 bridgehead atoms. The number of carbonyl (C=O) groups is 2. The highest BCUT2D eigenvalue weighted by atomic mass is 16.1. The Morgan fingerprint density at radius 1 is 0.947 bits per heavy atom. The van der Waals surface area contributed by atoms with Crippen LogP contribution in [0.1, 0.15) is 22.8 Å². The van der Waals surface area contributed by atoms with Gasteiger partial charge in [0.25, 0.3) is 0 Å². The molecule has 19 heavy (non-hydrogen) atoms. The number of rotatable bonds is 4. The van der Waals surface area contributed by atoms with Crippen LogP contribution in [-0.2, 0) is 11.2 Å². The first kappa shape index (κ1) is 13.0. The van der Waals surface area contributed by atoms with E-state index in [1.165, 1.54) is 6.92 Å². The Labute approximate surface area is 112 Å². The lowest BCUT2D eigenvalue weighted by atomic mass is 10.1. The molecule has 3 heteroatoms. The van der Waals surface area contributed by atoms with Crippen molar-refractivity contribution in [3.05, 3.63) is 65.7 Å². The third-order valence-corrected chi connectivity index (χ3v) is 2.78. The Bertz CT molecular complexity index is 573. The highest BCUT2D eigenvalue weighted by molar-refractivity contribution is 5.96. The third kappa shape index (κ3) is 3.78. The van der Waals surface area contributed by atoms with Gasteiger partial charge in [0.15, 0.2) is 5.78 Å². The molecule has 0 aromatic heterocycles. The normalized spacial score (nSPS) is 9.95. The van der Waals surface area contributed by atoms with Crippen LogP contribution in [0.2, 0.25) is 0 Å². The maximum absolute atomic E-state index is 11.8. The minimum atomic E-state index is -0.0678. The van der Waals surface area contributed by atoms with Gasteiger partial charge < -0.3 is 5.32 Å². The van der Waals surface area contributed by atoms with Crippen molar-refractivity contribution in [2.75, 3.05) is 5.32 Å². The topological polar surface area (TPSA) is 46.2 Å². The van der Waals surface area contributed by atoms with Crippen molar-refractivity contribution >= 4 is 17.4 Å². The van der Waals surface area contributed by atoms with Crippen LogP contribution in [0.4, 0.5) is 5.69 Å². The Hall–Kier alpha value is -2.42. The van der Waals surface area contributed by atoms with Gasteiger partial charge in [0.05, 0.1) is 6.42 Å². The predicted octanol–water partition coefficient (Wildman–Crippen LogP) is 3.07. The van der Waals surface area contributed by atoms with Gasteiger partial charge in [0.1, 0.15) is 0 Å². The number of amides is 1. The van der Waals surface area contributed by atoms with E-state index in [-0.39, 0.29) is 11.7 Å². The molecule has 0 saturated carbocycles. The summed E-state index contributed by atoms with van der Waals surface area (Å²) < 4.78 is 0. The maximum Gasteiger partial charge on any atom is 0.228 e. The van der Waals surface area contributed by atoms with E-state index in [2.05, 4.69) is 5.32 Å². The molecule has 2 aromatic carbocycles. The molecule has 3 nitrogen and oxygen atoms in total. The molecule has 96 valence electrons. The van der Waals surface area contributed by atoms with E-state index in [4.69, 9.17) is 0 Å². The van der Waals surface area contributed by atoms with Gasteiger partial charge >= 0.3 is 0 Å². The predicted molar refractivity (Wildman–Crippen MR) is 75.2 cm³/mol. The van der Waals surface area contributed by atoms with Gasteiger partial charge in [-0.1, -0.05) is 30.3 Å². The van der Waals surface area contributed by atoms with E-state index < -0.39 is 0 Å². The lowest BCUT2D eigenvalue weighted by Gasteiger charge is -2.05. The smallest absolute Gasteiger partial charge is 0.228 e. The van der Waals surface area contributed by atoms with Gasteiger partial charge in [-0.15, -0.1) is 0 Å². The lowest BCUT2D eigenvalue weighted by Crippen LogP contribution is -2.14. The maximum atomic E-state index is 11.8. The fraction of sp³-hybridized carbons (Fsp3) is 0.125. The Balaban J connectivity index is 1.97. The van der Waals surface area contributed by atoms with Crippen molar-refractivity contribution in [2.24, 2.45) is 0 Å². The first-order valence-corrected chi connectivity index (χ1v) is 6.10. The van der Waals surface area contributed by atoms with Gasteiger partial charge in [0.2, 0.25) is 5.91 Å². The van der Waals surface area contributed by atoms with E-state index in [0.717, 1.165) is 5.56 Å². The molecule has 0 fully saturated rings. The minimum absolute atomic E-state index is 0.0159. The van der Waals surface area contributed by atoms with Crippen LogP contribution < -0.4 is 5.32 Å². The lowest BCUT2D eigenvalue weighted by molar-refractivity contribution is -0.115. The van der Waals surface area contributed by atoms with E-state index in [1.807, 2.05) is 30.3 Å². The monoisotopic (exact) mass is 253 g/mol. The van der Waals surface area contributed by atoms with Crippen LogP contribution in [0.5, 0.6) is 0 Å². The number of anilines is 1. The molecule has 1 N–H and O–H groups in total. The van der Waals surface area contributed by atoms with Crippen LogP contribution in [-0.4, -0.2) is 11.7 Å². The number of carbonyl (C=O) groups excluding carboxylic acids is 2. The molecular weight excluding hydrogens is 238 g/mol. The van der Waals surface area contributed by atoms with Crippen molar-refractivity contribution < 1.29 is 9.59 Å². The van der Waals surface area contributed by atoms with E-state index in [1.54, 1.807) is 24.3 Å².